The molecule has 0 aromatic carbocycles. The molecule has 3 aliphatic rings. The maximum atomic E-state index is 10.2. The van der Waals surface area contributed by atoms with Gasteiger partial charge in [0, 0.05) is 0 Å². The molecule has 3 fully saturated rings. The fourth-order valence-electron chi connectivity index (χ4n) is 6.96. The van der Waals surface area contributed by atoms with Gasteiger partial charge in [-0.25, -0.2) is 0 Å². The van der Waals surface area contributed by atoms with E-state index >= 15 is 0 Å². The summed E-state index contributed by atoms with van der Waals surface area (Å²) < 4.78 is 0. The minimum Gasteiger partial charge on any atom is -0.390 e. The molecule has 0 aliphatic heterocycles. The third-order valence-corrected chi connectivity index (χ3v) is 9.23. The van der Waals surface area contributed by atoms with Gasteiger partial charge in [0.15, 0.2) is 0 Å². The van der Waals surface area contributed by atoms with Crippen LogP contribution < -0.4 is 0 Å². The monoisotopic (exact) mass is 414 g/mol. The smallest absolute Gasteiger partial charge is 0.0784 e. The van der Waals surface area contributed by atoms with Crippen LogP contribution in [0.5, 0.6) is 0 Å². The van der Waals surface area contributed by atoms with Crippen molar-refractivity contribution in [2.75, 3.05) is 0 Å². The summed E-state index contributed by atoms with van der Waals surface area (Å²) in [6.45, 7) is 15.4. The van der Waals surface area contributed by atoms with Gasteiger partial charge in [0.05, 0.1) is 11.7 Å². The SMILES string of the molecule is C=C1CC/C(=C/C=C2\CCCC3(C)[C@@H](C(C)CCCC(C)(C)O)CC[C@@]23C)C[C@H]1O. The third-order valence-electron chi connectivity index (χ3n) is 9.23. The van der Waals surface area contributed by atoms with Crippen molar-refractivity contribution >= 4 is 0 Å². The van der Waals surface area contributed by atoms with Gasteiger partial charge in [-0.2, -0.15) is 0 Å². The number of fused-ring (bicyclic) bond motifs is 1. The topological polar surface area (TPSA) is 40.5 Å². The van der Waals surface area contributed by atoms with Crippen LogP contribution in [0.3, 0.4) is 0 Å². The summed E-state index contributed by atoms with van der Waals surface area (Å²) in [5.41, 5.74) is 4.16. The molecule has 2 heteroatoms. The number of hydrogen-bond acceptors (Lipinski definition) is 2. The molecule has 0 bridgehead atoms. The predicted octanol–water partition coefficient (Wildman–Crippen LogP) is 7.12. The minimum atomic E-state index is -0.541. The zero-order chi connectivity index (χ0) is 22.2. The summed E-state index contributed by atoms with van der Waals surface area (Å²) in [5.74, 6) is 1.50. The number of rotatable bonds is 6. The van der Waals surface area contributed by atoms with Crippen LogP contribution in [0.25, 0.3) is 0 Å². The van der Waals surface area contributed by atoms with Crippen molar-refractivity contribution in [1.29, 1.82) is 0 Å². The van der Waals surface area contributed by atoms with E-state index in [1.165, 1.54) is 44.1 Å². The van der Waals surface area contributed by atoms with E-state index in [2.05, 4.69) is 39.5 Å². The molecular weight excluding hydrogens is 368 g/mol. The third kappa shape index (κ3) is 4.80. The van der Waals surface area contributed by atoms with Gasteiger partial charge in [-0.15, -0.1) is 0 Å². The average Bonchev–Trinajstić information content (AvgIpc) is 2.93. The number of aliphatic hydroxyl groups is 2. The Kier molecular flexibility index (Phi) is 7.09. The highest BCUT2D eigenvalue weighted by molar-refractivity contribution is 5.31. The Morgan fingerprint density at radius 1 is 1.17 bits per heavy atom. The molecule has 3 aliphatic carbocycles. The molecule has 2 N–H and O–H groups in total. The van der Waals surface area contributed by atoms with Gasteiger partial charge < -0.3 is 10.2 Å². The minimum absolute atomic E-state index is 0.300. The first-order chi connectivity index (χ1) is 14.0. The van der Waals surface area contributed by atoms with Crippen LogP contribution in [0.15, 0.2) is 35.5 Å². The molecule has 0 aromatic heterocycles. The maximum Gasteiger partial charge on any atom is 0.0784 e. The molecule has 2 unspecified atom stereocenters. The second-order valence-electron chi connectivity index (χ2n) is 11.8. The summed E-state index contributed by atoms with van der Waals surface area (Å²) in [4.78, 5) is 0. The van der Waals surface area contributed by atoms with E-state index in [-0.39, 0.29) is 6.10 Å². The second kappa shape index (κ2) is 8.94. The number of aliphatic hydroxyl groups excluding tert-OH is 1. The molecule has 2 nitrogen and oxygen atoms in total. The van der Waals surface area contributed by atoms with Crippen molar-refractivity contribution in [3.8, 4) is 0 Å². The van der Waals surface area contributed by atoms with Crippen molar-refractivity contribution in [3.63, 3.8) is 0 Å². The highest BCUT2D eigenvalue weighted by Crippen LogP contribution is 2.67. The van der Waals surface area contributed by atoms with Crippen molar-refractivity contribution in [3.05, 3.63) is 35.5 Å². The van der Waals surface area contributed by atoms with Gasteiger partial charge in [-0.05, 0) is 99.9 Å². The van der Waals surface area contributed by atoms with Crippen LogP contribution >= 0.6 is 0 Å². The summed E-state index contributed by atoms with van der Waals surface area (Å²) >= 11 is 0. The van der Waals surface area contributed by atoms with E-state index in [1.54, 1.807) is 5.57 Å². The standard InChI is InChI=1S/C28H46O2/c1-20(9-7-16-26(3,4)30)24-15-18-27(5)23(10-8-17-28(24,27)6)14-13-22-12-11-21(2)25(29)19-22/h13-14,20,24-25,29-30H,2,7-12,15-19H2,1,3-6H3/b22-13-,23-14+/t20?,24-,25-,27+,28?/m1/s1. The van der Waals surface area contributed by atoms with Crippen molar-refractivity contribution in [2.45, 2.75) is 117 Å². The molecule has 3 rings (SSSR count). The molecule has 0 radical (unpaired) electrons. The zero-order valence-corrected chi connectivity index (χ0v) is 20.3. The van der Waals surface area contributed by atoms with Crippen LogP contribution in [-0.4, -0.2) is 21.9 Å². The molecule has 0 amide bonds. The van der Waals surface area contributed by atoms with Gasteiger partial charge in [0.1, 0.15) is 0 Å². The van der Waals surface area contributed by atoms with Gasteiger partial charge >= 0.3 is 0 Å². The van der Waals surface area contributed by atoms with Crippen molar-refractivity contribution in [1.82, 2.24) is 0 Å². The first kappa shape index (κ1) is 23.8. The molecule has 0 spiro atoms. The Hall–Kier alpha value is -0.860. The average molecular weight is 415 g/mol. The highest BCUT2D eigenvalue weighted by Gasteiger charge is 2.57. The lowest BCUT2D eigenvalue weighted by atomic mass is 9.53. The van der Waals surface area contributed by atoms with Crippen LogP contribution in [0, 0.1) is 22.7 Å². The molecule has 0 aromatic rings. The fraction of sp³-hybridized carbons (Fsp3) is 0.786. The van der Waals surface area contributed by atoms with E-state index in [1.807, 2.05) is 13.8 Å². The lowest BCUT2D eigenvalue weighted by Gasteiger charge is -2.51. The normalized spacial score (nSPS) is 38.8. The summed E-state index contributed by atoms with van der Waals surface area (Å²) in [5, 5.41) is 20.2. The van der Waals surface area contributed by atoms with Gasteiger partial charge in [-0.1, -0.05) is 63.5 Å². The molecular formula is C28H46O2. The largest absolute Gasteiger partial charge is 0.390 e. The van der Waals surface area contributed by atoms with Gasteiger partial charge in [-0.3, -0.25) is 0 Å². The second-order valence-corrected chi connectivity index (χ2v) is 11.8. The fourth-order valence-corrected chi connectivity index (χ4v) is 6.96. The Labute approximate surface area is 185 Å². The summed E-state index contributed by atoms with van der Waals surface area (Å²) in [6.07, 6.45) is 16.9. The molecule has 30 heavy (non-hydrogen) atoms. The zero-order valence-electron chi connectivity index (χ0n) is 20.3. The van der Waals surface area contributed by atoms with Crippen LogP contribution in [-0.2, 0) is 0 Å². The molecule has 0 heterocycles. The number of allylic oxidation sites excluding steroid dienone is 3. The Morgan fingerprint density at radius 2 is 1.90 bits per heavy atom. The van der Waals surface area contributed by atoms with Crippen molar-refractivity contribution < 1.29 is 10.2 Å². The lowest BCUT2D eigenvalue weighted by Crippen LogP contribution is -2.43. The lowest BCUT2D eigenvalue weighted by molar-refractivity contribution is 0.0299. The van der Waals surface area contributed by atoms with Crippen LogP contribution in [0.1, 0.15) is 105 Å². The predicted molar refractivity (Wildman–Crippen MR) is 127 cm³/mol. The van der Waals surface area contributed by atoms with E-state index in [4.69, 9.17) is 0 Å². The maximum absolute atomic E-state index is 10.2. The Bertz CT molecular complexity index is 694. The molecule has 5 atom stereocenters. The summed E-state index contributed by atoms with van der Waals surface area (Å²) in [7, 11) is 0. The first-order valence-corrected chi connectivity index (χ1v) is 12.4. The summed E-state index contributed by atoms with van der Waals surface area (Å²) in [6, 6.07) is 0. The van der Waals surface area contributed by atoms with Crippen molar-refractivity contribution in [2.24, 2.45) is 22.7 Å². The number of hydrogen-bond donors (Lipinski definition) is 2. The Morgan fingerprint density at radius 3 is 2.57 bits per heavy atom. The van der Waals surface area contributed by atoms with Crippen LogP contribution in [0.2, 0.25) is 0 Å². The van der Waals surface area contributed by atoms with E-state index in [0.29, 0.717) is 10.8 Å². The van der Waals surface area contributed by atoms with E-state index < -0.39 is 5.60 Å². The van der Waals surface area contributed by atoms with Crippen LogP contribution in [0.4, 0.5) is 0 Å². The molecule has 170 valence electrons. The molecule has 0 saturated heterocycles. The van der Waals surface area contributed by atoms with E-state index in [0.717, 1.165) is 49.5 Å². The van der Waals surface area contributed by atoms with Gasteiger partial charge in [0.25, 0.3) is 0 Å². The van der Waals surface area contributed by atoms with Gasteiger partial charge in [0.2, 0.25) is 0 Å². The Balaban J connectivity index is 1.73. The first-order valence-electron chi connectivity index (χ1n) is 12.4. The quantitative estimate of drug-likeness (QED) is 0.454. The highest BCUT2D eigenvalue weighted by atomic mass is 16.3. The molecule has 3 saturated carbocycles. The van der Waals surface area contributed by atoms with E-state index in [9.17, 15) is 10.2 Å².